The van der Waals surface area contributed by atoms with Crippen molar-refractivity contribution in [2.45, 2.75) is 77.8 Å². The molecule has 1 aliphatic carbocycles. The minimum Gasteiger partial charge on any atom is -0.140 e. The van der Waals surface area contributed by atoms with Crippen LogP contribution in [0.2, 0.25) is 0 Å². The maximum absolute atomic E-state index is 14.0. The second-order valence-corrected chi connectivity index (χ2v) is 6.49. The van der Waals surface area contributed by atoms with Crippen molar-refractivity contribution in [3.8, 4) is 0 Å². The van der Waals surface area contributed by atoms with E-state index in [2.05, 4.69) is 20.8 Å². The van der Waals surface area contributed by atoms with E-state index >= 15 is 0 Å². The van der Waals surface area contributed by atoms with Gasteiger partial charge in [-0.05, 0) is 37.5 Å². The Labute approximate surface area is 106 Å². The van der Waals surface area contributed by atoms with Crippen molar-refractivity contribution in [3.05, 3.63) is 0 Å². The van der Waals surface area contributed by atoms with Crippen molar-refractivity contribution in [2.24, 2.45) is 17.8 Å². The van der Waals surface area contributed by atoms with Crippen molar-refractivity contribution in [1.29, 1.82) is 0 Å². The molecule has 0 aromatic carbocycles. The lowest BCUT2D eigenvalue weighted by Crippen LogP contribution is -2.62. The van der Waals surface area contributed by atoms with Gasteiger partial charge in [0, 0.05) is 12.1 Å². The van der Waals surface area contributed by atoms with E-state index in [4.69, 9.17) is 0 Å². The van der Waals surface area contributed by atoms with Crippen LogP contribution in [0.4, 0.5) is 4.48 Å². The molecule has 17 heavy (non-hydrogen) atoms. The molecule has 2 heteroatoms. The van der Waals surface area contributed by atoms with Crippen LogP contribution < -0.4 is 0 Å². The summed E-state index contributed by atoms with van der Waals surface area (Å²) in [5.74, 6) is 1.80. The van der Waals surface area contributed by atoms with Gasteiger partial charge in [-0.3, -0.25) is 0 Å². The fraction of sp³-hybridized carbons (Fsp3) is 1.00. The topological polar surface area (TPSA) is 3.24 Å². The van der Waals surface area contributed by atoms with Gasteiger partial charge in [-0.15, -0.1) is 9.60 Å². The van der Waals surface area contributed by atoms with Crippen LogP contribution in [0.5, 0.6) is 0 Å². The van der Waals surface area contributed by atoms with Crippen LogP contribution in [0.15, 0.2) is 0 Å². The molecule has 2 aliphatic rings. The molecule has 0 N–H and O–H groups in total. The Bertz CT molecular complexity index is 241. The van der Waals surface area contributed by atoms with E-state index < -0.39 is 0 Å². The van der Waals surface area contributed by atoms with E-state index in [1.54, 1.807) is 0 Å². The average Bonchev–Trinajstić information content (AvgIpc) is 2.32. The second-order valence-electron chi connectivity index (χ2n) is 6.49. The average molecular weight is 241 g/mol. The Morgan fingerprint density at radius 3 is 2.24 bits per heavy atom. The van der Waals surface area contributed by atoms with Crippen LogP contribution in [0.3, 0.4) is 0 Å². The highest BCUT2D eigenvalue weighted by Gasteiger charge is 2.50. The van der Waals surface area contributed by atoms with Gasteiger partial charge in [-0.1, -0.05) is 46.0 Å². The summed E-state index contributed by atoms with van der Waals surface area (Å²) in [4.78, 5) is 0. The molecule has 100 valence electrons. The normalized spacial score (nSPS) is 40.8. The predicted molar refractivity (Wildman–Crippen MR) is 70.3 cm³/mol. The zero-order chi connectivity index (χ0) is 12.4. The lowest BCUT2D eigenvalue weighted by Gasteiger charge is -2.53. The molecule has 0 radical (unpaired) electrons. The summed E-state index contributed by atoms with van der Waals surface area (Å²) < 4.78 is 14.0. The van der Waals surface area contributed by atoms with Gasteiger partial charge in [0.15, 0.2) is 0 Å². The van der Waals surface area contributed by atoms with Gasteiger partial charge >= 0.3 is 0 Å². The van der Waals surface area contributed by atoms with E-state index in [0.717, 1.165) is 5.12 Å². The molecule has 1 heterocycles. The summed E-state index contributed by atoms with van der Waals surface area (Å²) in [7, 11) is 0. The van der Waals surface area contributed by atoms with E-state index in [0.29, 0.717) is 17.8 Å². The summed E-state index contributed by atoms with van der Waals surface area (Å²) >= 11 is 0. The highest BCUT2D eigenvalue weighted by molar-refractivity contribution is 4.98. The maximum atomic E-state index is 14.0. The van der Waals surface area contributed by atoms with E-state index in [-0.39, 0.29) is 12.1 Å². The maximum Gasteiger partial charge on any atom is 0.0480 e. The first kappa shape index (κ1) is 13.3. The zero-order valence-corrected chi connectivity index (χ0v) is 11.7. The number of nitrogens with zero attached hydrogens (tertiary/aromatic N) is 1. The molecule has 0 bridgehead atoms. The fourth-order valence-corrected chi connectivity index (χ4v) is 3.92. The molecule has 0 aromatic rings. The summed E-state index contributed by atoms with van der Waals surface area (Å²) in [6.07, 6.45) is 9.17. The monoisotopic (exact) mass is 241 g/mol. The quantitative estimate of drug-likeness (QED) is 0.608. The Kier molecular flexibility index (Phi) is 4.46. The predicted octanol–water partition coefficient (Wildman–Crippen LogP) is 4.58. The molecule has 2 fully saturated rings. The smallest absolute Gasteiger partial charge is 0.0480 e. The Hall–Kier alpha value is -0.110. The molecular weight excluding hydrogens is 213 g/mol. The van der Waals surface area contributed by atoms with Gasteiger partial charge in [0.1, 0.15) is 0 Å². The fourth-order valence-electron chi connectivity index (χ4n) is 3.92. The first-order valence-corrected chi connectivity index (χ1v) is 7.57. The number of hydrogen-bond acceptors (Lipinski definition) is 1. The highest BCUT2D eigenvalue weighted by Crippen LogP contribution is 2.44. The first-order chi connectivity index (χ1) is 8.13. The molecule has 2 rings (SSSR count). The molecule has 4 unspecified atom stereocenters. The van der Waals surface area contributed by atoms with Gasteiger partial charge in [0.25, 0.3) is 0 Å². The molecule has 1 aliphatic heterocycles. The van der Waals surface area contributed by atoms with Crippen molar-refractivity contribution in [1.82, 2.24) is 5.12 Å². The minimum absolute atomic E-state index is 0.167. The second kappa shape index (κ2) is 5.69. The molecule has 1 saturated heterocycles. The molecule has 0 aromatic heterocycles. The third-order valence-corrected chi connectivity index (χ3v) is 5.10. The largest absolute Gasteiger partial charge is 0.140 e. The van der Waals surface area contributed by atoms with Gasteiger partial charge in [0.05, 0.1) is 0 Å². The number of hydrogen-bond donors (Lipinski definition) is 0. The van der Waals surface area contributed by atoms with E-state index in [9.17, 15) is 4.48 Å². The summed E-state index contributed by atoms with van der Waals surface area (Å²) in [6.45, 7) is 6.60. The van der Waals surface area contributed by atoms with E-state index in [1.807, 2.05) is 0 Å². The van der Waals surface area contributed by atoms with Crippen LogP contribution in [-0.4, -0.2) is 17.2 Å². The lowest BCUT2D eigenvalue weighted by molar-refractivity contribution is -0.210. The SMILES string of the molecule is CC(C)C1CCCCCCCC2C(C)N(F)C12. The van der Waals surface area contributed by atoms with Crippen LogP contribution in [0.1, 0.15) is 65.7 Å². The Morgan fingerprint density at radius 1 is 1.00 bits per heavy atom. The summed E-state index contributed by atoms with van der Waals surface area (Å²) in [5, 5.41) is 1.16. The molecule has 1 nitrogen and oxygen atoms in total. The van der Waals surface area contributed by atoms with Crippen LogP contribution >= 0.6 is 0 Å². The highest BCUT2D eigenvalue weighted by atomic mass is 19.2. The third-order valence-electron chi connectivity index (χ3n) is 5.10. The van der Waals surface area contributed by atoms with Crippen LogP contribution in [0.25, 0.3) is 0 Å². The molecule has 0 amide bonds. The van der Waals surface area contributed by atoms with Crippen LogP contribution in [0, 0.1) is 17.8 Å². The zero-order valence-electron chi connectivity index (χ0n) is 11.7. The van der Waals surface area contributed by atoms with Gasteiger partial charge < -0.3 is 0 Å². The number of halogens is 1. The molecular formula is C15H28FN. The number of fused-ring (bicyclic) bond motifs is 1. The molecule has 4 atom stereocenters. The summed E-state index contributed by atoms with van der Waals surface area (Å²) in [5.41, 5.74) is 0. The van der Waals surface area contributed by atoms with Crippen LogP contribution in [-0.2, 0) is 0 Å². The molecule has 1 saturated carbocycles. The summed E-state index contributed by atoms with van der Waals surface area (Å²) in [6, 6.07) is 0.392. The lowest BCUT2D eigenvalue weighted by atomic mass is 9.68. The van der Waals surface area contributed by atoms with Crippen molar-refractivity contribution >= 4 is 0 Å². The van der Waals surface area contributed by atoms with Gasteiger partial charge in [0.2, 0.25) is 0 Å². The Morgan fingerprint density at radius 2 is 1.59 bits per heavy atom. The molecule has 0 spiro atoms. The van der Waals surface area contributed by atoms with E-state index in [1.165, 1.54) is 44.9 Å². The van der Waals surface area contributed by atoms with Crippen molar-refractivity contribution < 1.29 is 4.48 Å². The Balaban J connectivity index is 2.06. The standard InChI is InChI=1S/C15H28FN/c1-11(2)13-9-7-5-4-6-8-10-14-12(3)17(16)15(13)14/h11-15H,4-10H2,1-3H3. The first-order valence-electron chi connectivity index (χ1n) is 7.57. The van der Waals surface area contributed by atoms with Crippen molar-refractivity contribution in [2.75, 3.05) is 0 Å². The van der Waals surface area contributed by atoms with Crippen molar-refractivity contribution in [3.63, 3.8) is 0 Å². The minimum atomic E-state index is 0.167. The van der Waals surface area contributed by atoms with Gasteiger partial charge in [-0.2, -0.15) is 0 Å². The third kappa shape index (κ3) is 2.67. The number of rotatable bonds is 1. The van der Waals surface area contributed by atoms with Gasteiger partial charge in [-0.25, -0.2) is 0 Å².